The molecule has 2 heterocycles. The van der Waals surface area contributed by atoms with Crippen molar-refractivity contribution in [1.82, 2.24) is 9.55 Å². The summed E-state index contributed by atoms with van der Waals surface area (Å²) in [4.78, 5) is 38.5. The fraction of sp³-hybridized carbons (Fsp3) is 0.286. The number of pyridine rings is 1. The molecule has 2 aromatic heterocycles. The average molecular weight is 356 g/mol. The number of halogens is 1. The molecule has 0 saturated heterocycles. The molecule has 0 unspecified atom stereocenters. The molecule has 0 spiro atoms. The van der Waals surface area contributed by atoms with Gasteiger partial charge in [0.05, 0.1) is 12.1 Å². The number of ether oxygens (including phenoxy) is 1. The van der Waals surface area contributed by atoms with Crippen LogP contribution in [0.15, 0.2) is 28.5 Å². The second kappa shape index (κ2) is 7.89. The van der Waals surface area contributed by atoms with Crippen molar-refractivity contribution in [2.45, 2.75) is 19.9 Å². The van der Waals surface area contributed by atoms with Gasteiger partial charge in [-0.1, -0.05) is 22.9 Å². The molecule has 0 fully saturated rings. The van der Waals surface area contributed by atoms with Gasteiger partial charge in [0.15, 0.2) is 11.8 Å². The lowest BCUT2D eigenvalue weighted by atomic mass is 10.4. The molecule has 1 N–H and O–H groups in total. The summed E-state index contributed by atoms with van der Waals surface area (Å²) in [6, 6.07) is 3.20. The highest BCUT2D eigenvalue weighted by Crippen LogP contribution is 2.17. The molecule has 2 aromatic rings. The molecule has 23 heavy (non-hydrogen) atoms. The van der Waals surface area contributed by atoms with Crippen LogP contribution in [0.2, 0.25) is 5.15 Å². The zero-order chi connectivity index (χ0) is 16.8. The zero-order valence-corrected chi connectivity index (χ0v) is 13.8. The number of carbonyl (C=O) groups is 2. The summed E-state index contributed by atoms with van der Waals surface area (Å²) >= 11 is 6.88. The maximum atomic E-state index is 11.7. The van der Waals surface area contributed by atoms with Crippen molar-refractivity contribution in [2.75, 3.05) is 11.9 Å². The first kappa shape index (κ1) is 17.2. The van der Waals surface area contributed by atoms with E-state index < -0.39 is 18.5 Å². The fourth-order valence-electron chi connectivity index (χ4n) is 1.76. The molecule has 7 nitrogen and oxygen atoms in total. The van der Waals surface area contributed by atoms with Gasteiger partial charge >= 0.3 is 10.8 Å². The fourth-order valence-corrected chi connectivity index (χ4v) is 2.69. The molecule has 1 amide bonds. The minimum Gasteiger partial charge on any atom is -0.456 e. The molecule has 0 saturated carbocycles. The molecule has 0 aromatic carbocycles. The zero-order valence-electron chi connectivity index (χ0n) is 12.2. The number of carbonyl (C=O) groups excluding carboxylic acids is 2. The van der Waals surface area contributed by atoms with Crippen LogP contribution in [0.4, 0.5) is 5.69 Å². The molecule has 0 bridgehead atoms. The quantitative estimate of drug-likeness (QED) is 0.630. The second-order valence-electron chi connectivity index (χ2n) is 4.60. The van der Waals surface area contributed by atoms with E-state index in [0.29, 0.717) is 5.69 Å². The van der Waals surface area contributed by atoms with E-state index >= 15 is 0 Å². The van der Waals surface area contributed by atoms with Crippen molar-refractivity contribution >= 4 is 40.5 Å². The molecule has 0 aliphatic carbocycles. The Hall–Kier alpha value is -2.19. The predicted octanol–water partition coefficient (Wildman–Crippen LogP) is 1.84. The summed E-state index contributed by atoms with van der Waals surface area (Å²) < 4.78 is 6.35. The number of amides is 1. The molecule has 0 aliphatic rings. The van der Waals surface area contributed by atoms with Crippen molar-refractivity contribution in [2.24, 2.45) is 0 Å². The van der Waals surface area contributed by atoms with Gasteiger partial charge in [0.2, 0.25) is 0 Å². The Labute approximate surface area is 140 Å². The third kappa shape index (κ3) is 4.90. The van der Waals surface area contributed by atoms with Crippen LogP contribution < -0.4 is 10.2 Å². The molecule has 122 valence electrons. The number of thiazole rings is 1. The number of esters is 1. The number of nitrogens with zero attached hydrogens (tertiary/aromatic N) is 2. The highest BCUT2D eigenvalue weighted by molar-refractivity contribution is 7.07. The first-order valence-electron chi connectivity index (χ1n) is 6.68. The van der Waals surface area contributed by atoms with Crippen LogP contribution in [0, 0.1) is 6.92 Å². The third-order valence-corrected chi connectivity index (χ3v) is 4.10. The molecular formula is C14H14ClN3O4S. The minimum atomic E-state index is -0.560. The maximum Gasteiger partial charge on any atom is 0.308 e. The van der Waals surface area contributed by atoms with Gasteiger partial charge in [-0.05, 0) is 19.1 Å². The number of hydrogen-bond acceptors (Lipinski definition) is 6. The average Bonchev–Trinajstić information content (AvgIpc) is 2.84. The lowest BCUT2D eigenvalue weighted by molar-refractivity contribution is -0.147. The number of aryl methyl sites for hydroxylation is 1. The number of hydrogen-bond donors (Lipinski definition) is 1. The first-order chi connectivity index (χ1) is 11.0. The number of anilines is 1. The van der Waals surface area contributed by atoms with Crippen molar-refractivity contribution in [3.05, 3.63) is 44.2 Å². The molecule has 0 radical (unpaired) electrons. The Balaban J connectivity index is 1.77. The van der Waals surface area contributed by atoms with Crippen molar-refractivity contribution in [3.8, 4) is 0 Å². The lowest BCUT2D eigenvalue weighted by Gasteiger charge is -2.08. The Kier molecular flexibility index (Phi) is 5.89. The van der Waals surface area contributed by atoms with Crippen molar-refractivity contribution in [1.29, 1.82) is 0 Å². The van der Waals surface area contributed by atoms with E-state index in [9.17, 15) is 14.4 Å². The summed E-state index contributed by atoms with van der Waals surface area (Å²) in [5, 5.41) is 4.36. The van der Waals surface area contributed by atoms with E-state index in [4.69, 9.17) is 16.3 Å². The number of aromatic nitrogens is 2. The summed E-state index contributed by atoms with van der Waals surface area (Å²) in [7, 11) is 0. The third-order valence-electron chi connectivity index (χ3n) is 2.91. The second-order valence-corrected chi connectivity index (χ2v) is 5.77. The van der Waals surface area contributed by atoms with Crippen molar-refractivity contribution < 1.29 is 14.3 Å². The molecule has 2 rings (SSSR count). The Morgan fingerprint density at radius 1 is 1.48 bits per heavy atom. The Morgan fingerprint density at radius 3 is 2.91 bits per heavy atom. The number of rotatable bonds is 6. The summed E-state index contributed by atoms with van der Waals surface area (Å²) in [6.07, 6.45) is 1.50. The van der Waals surface area contributed by atoms with E-state index in [1.54, 1.807) is 24.4 Å². The SMILES string of the molecule is Cc1csc(=O)n1CCC(=O)OCC(=O)Nc1cccnc1Cl. The molecule has 0 atom stereocenters. The standard InChI is InChI=1S/C14H14ClN3O4S/c1-9-8-23-14(21)18(9)6-4-12(20)22-7-11(19)17-10-3-2-5-16-13(10)15/h2-3,5,8H,4,6-7H2,1H3,(H,17,19). The Morgan fingerprint density at radius 2 is 2.26 bits per heavy atom. The summed E-state index contributed by atoms with van der Waals surface area (Å²) in [6.45, 7) is 1.58. The van der Waals surface area contributed by atoms with Crippen LogP contribution in [0.5, 0.6) is 0 Å². The van der Waals surface area contributed by atoms with Crippen LogP contribution in [0.1, 0.15) is 12.1 Å². The van der Waals surface area contributed by atoms with Gasteiger partial charge in [-0.2, -0.15) is 0 Å². The van der Waals surface area contributed by atoms with Crippen LogP contribution >= 0.6 is 22.9 Å². The van der Waals surface area contributed by atoms with E-state index in [2.05, 4.69) is 10.3 Å². The van der Waals surface area contributed by atoms with E-state index in [1.807, 2.05) is 0 Å². The van der Waals surface area contributed by atoms with Crippen LogP contribution in [0.25, 0.3) is 0 Å². The first-order valence-corrected chi connectivity index (χ1v) is 7.94. The summed E-state index contributed by atoms with van der Waals surface area (Å²) in [5.74, 6) is -1.08. The highest BCUT2D eigenvalue weighted by atomic mass is 35.5. The molecular weight excluding hydrogens is 342 g/mol. The minimum absolute atomic E-state index is 0.0123. The van der Waals surface area contributed by atoms with Gasteiger partial charge in [-0.25, -0.2) is 4.98 Å². The van der Waals surface area contributed by atoms with Crippen LogP contribution in [-0.2, 0) is 20.9 Å². The van der Waals surface area contributed by atoms with Gasteiger partial charge in [0.25, 0.3) is 5.91 Å². The molecule has 0 aliphatic heterocycles. The summed E-state index contributed by atoms with van der Waals surface area (Å²) in [5.41, 5.74) is 1.13. The van der Waals surface area contributed by atoms with Gasteiger partial charge in [0.1, 0.15) is 0 Å². The van der Waals surface area contributed by atoms with E-state index in [0.717, 1.165) is 17.0 Å². The van der Waals surface area contributed by atoms with Gasteiger partial charge in [0, 0.05) is 23.8 Å². The maximum absolute atomic E-state index is 11.7. The smallest absolute Gasteiger partial charge is 0.308 e. The normalized spacial score (nSPS) is 10.3. The van der Waals surface area contributed by atoms with Crippen molar-refractivity contribution in [3.63, 3.8) is 0 Å². The van der Waals surface area contributed by atoms with Gasteiger partial charge < -0.3 is 14.6 Å². The van der Waals surface area contributed by atoms with Gasteiger partial charge in [-0.15, -0.1) is 0 Å². The molecule has 9 heteroatoms. The monoisotopic (exact) mass is 355 g/mol. The predicted molar refractivity (Wildman–Crippen MR) is 86.8 cm³/mol. The Bertz CT molecular complexity index is 771. The van der Waals surface area contributed by atoms with E-state index in [-0.39, 0.29) is 23.0 Å². The highest BCUT2D eigenvalue weighted by Gasteiger charge is 2.11. The number of nitrogens with one attached hydrogen (secondary N) is 1. The van der Waals surface area contributed by atoms with Crippen LogP contribution in [0.3, 0.4) is 0 Å². The topological polar surface area (TPSA) is 90.3 Å². The largest absolute Gasteiger partial charge is 0.456 e. The van der Waals surface area contributed by atoms with Crippen LogP contribution in [-0.4, -0.2) is 28.0 Å². The lowest BCUT2D eigenvalue weighted by Crippen LogP contribution is -2.23. The van der Waals surface area contributed by atoms with Gasteiger partial charge in [-0.3, -0.25) is 14.4 Å². The van der Waals surface area contributed by atoms with E-state index in [1.165, 1.54) is 10.8 Å².